The molecule has 7 unspecified atom stereocenters. The number of imidazole rings is 1. The summed E-state index contributed by atoms with van der Waals surface area (Å²) in [4.78, 5) is 74.0. The van der Waals surface area contributed by atoms with Crippen molar-refractivity contribution < 1.29 is 75.7 Å². The number of phosphoric acid groups is 3. The summed E-state index contributed by atoms with van der Waals surface area (Å²) in [7, 11) is -14.9. The normalized spacial score (nSPS) is 23.8. The van der Waals surface area contributed by atoms with E-state index in [4.69, 9.17) is 19.5 Å². The van der Waals surface area contributed by atoms with E-state index in [0.717, 1.165) is 17.2 Å². The van der Waals surface area contributed by atoms with Gasteiger partial charge >= 0.3 is 23.5 Å². The number of aliphatic hydroxyl groups is 2. The number of hydrogen-bond donors (Lipinski definition) is 9. The highest BCUT2D eigenvalue weighted by atomic mass is 31.3. The van der Waals surface area contributed by atoms with Gasteiger partial charge < -0.3 is 50.9 Å². The molecule has 1 aliphatic rings. The number of anilines is 1. The highest BCUT2D eigenvalue weighted by molar-refractivity contribution is 7.61. The van der Waals surface area contributed by atoms with E-state index in [1.807, 2.05) is 0 Å². The lowest BCUT2D eigenvalue weighted by atomic mass is 9.87. The summed E-state index contributed by atoms with van der Waals surface area (Å²) in [5.41, 5.74) is 4.31. The predicted molar refractivity (Wildman–Crippen MR) is 151 cm³/mol. The van der Waals surface area contributed by atoms with Crippen molar-refractivity contribution in [2.24, 2.45) is 5.41 Å². The van der Waals surface area contributed by atoms with Crippen molar-refractivity contribution in [1.29, 1.82) is 0 Å². The second kappa shape index (κ2) is 14.8. The van der Waals surface area contributed by atoms with Crippen molar-refractivity contribution in [1.82, 2.24) is 30.2 Å². The molecule has 0 radical (unpaired) electrons. The zero-order valence-electron chi connectivity index (χ0n) is 24.3. The topological polar surface area (TPSA) is 347 Å². The number of aliphatic hydroxyl groups excluding tert-OH is 2. The predicted octanol–water partition coefficient (Wildman–Crippen LogP) is -1.97. The Balaban J connectivity index is 1.64. The minimum atomic E-state index is -5.53. The maximum atomic E-state index is 12.5. The van der Waals surface area contributed by atoms with Crippen LogP contribution in [0.15, 0.2) is 12.7 Å². The average Bonchev–Trinajstić information content (AvgIpc) is 3.50. The Hall–Kier alpha value is -2.46. The van der Waals surface area contributed by atoms with Crippen molar-refractivity contribution in [3.05, 3.63) is 12.7 Å². The molecule has 2 amide bonds. The van der Waals surface area contributed by atoms with Crippen molar-refractivity contribution >= 4 is 52.3 Å². The second-order valence-corrected chi connectivity index (χ2v) is 14.6. The number of carbonyl (C=O) groups excluding carboxylic acids is 2. The Bertz CT molecular complexity index is 1550. The van der Waals surface area contributed by atoms with Gasteiger partial charge in [0.15, 0.2) is 17.7 Å². The van der Waals surface area contributed by atoms with Crippen LogP contribution in [0.5, 0.6) is 0 Å². The van der Waals surface area contributed by atoms with E-state index >= 15 is 0 Å². The molecule has 0 bridgehead atoms. The number of aromatic nitrogens is 4. The Morgan fingerprint density at radius 2 is 1.78 bits per heavy atom. The molecule has 1 aliphatic heterocycles. The molecule has 2 aromatic heterocycles. The third-order valence-corrected chi connectivity index (χ3v) is 9.46. The van der Waals surface area contributed by atoms with Crippen LogP contribution in [0.25, 0.3) is 11.2 Å². The minimum absolute atomic E-state index is 0.0350. The molecule has 0 saturated carbocycles. The van der Waals surface area contributed by atoms with E-state index < -0.39 is 78.6 Å². The molecule has 10 N–H and O–H groups in total. The SMILES string of the molecule is CNC(=O)CCNC(=O)C(O)C(C)(C)COP(=O)(O)OP(=O)(O)OCC1OC(n2cnc3c(N)ncnc32)C(O)C1OP(=O)(O)O. The summed E-state index contributed by atoms with van der Waals surface area (Å²) >= 11 is 0. The van der Waals surface area contributed by atoms with Crippen molar-refractivity contribution in [2.75, 3.05) is 32.5 Å². The number of rotatable bonds is 16. The van der Waals surface area contributed by atoms with E-state index in [1.54, 1.807) is 0 Å². The molecular weight excluding hydrogens is 687 g/mol. The van der Waals surface area contributed by atoms with Crippen LogP contribution in [-0.4, -0.2) is 112 Å². The van der Waals surface area contributed by atoms with Crippen LogP contribution in [0.4, 0.5) is 5.82 Å². The third-order valence-electron chi connectivity index (χ3n) is 6.36. The quantitative estimate of drug-likeness (QED) is 0.0849. The van der Waals surface area contributed by atoms with Crippen molar-refractivity contribution in [3.8, 4) is 0 Å². The summed E-state index contributed by atoms with van der Waals surface area (Å²) < 4.78 is 61.5. The molecule has 260 valence electrons. The van der Waals surface area contributed by atoms with Gasteiger partial charge in [0, 0.05) is 25.4 Å². The average molecular weight is 721 g/mol. The van der Waals surface area contributed by atoms with Gasteiger partial charge in [0.25, 0.3) is 0 Å². The Morgan fingerprint density at radius 3 is 2.41 bits per heavy atom. The third kappa shape index (κ3) is 10.0. The Morgan fingerprint density at radius 1 is 1.13 bits per heavy atom. The van der Waals surface area contributed by atoms with Gasteiger partial charge in [-0.1, -0.05) is 13.8 Å². The molecule has 46 heavy (non-hydrogen) atoms. The second-order valence-electron chi connectivity index (χ2n) is 10.4. The lowest BCUT2D eigenvalue weighted by Gasteiger charge is -2.30. The first-order valence-electron chi connectivity index (χ1n) is 13.0. The molecule has 1 saturated heterocycles. The lowest BCUT2D eigenvalue weighted by molar-refractivity contribution is -0.137. The summed E-state index contributed by atoms with van der Waals surface area (Å²) in [5.74, 6) is -1.35. The van der Waals surface area contributed by atoms with E-state index in [0.29, 0.717) is 0 Å². The molecule has 0 spiro atoms. The molecule has 7 atom stereocenters. The Kier molecular flexibility index (Phi) is 12.2. The summed E-state index contributed by atoms with van der Waals surface area (Å²) in [5, 5.41) is 25.8. The molecule has 3 rings (SSSR count). The number of nitrogens with two attached hydrogens (primary N) is 1. The molecule has 2 aromatic rings. The first-order chi connectivity index (χ1) is 21.2. The maximum Gasteiger partial charge on any atom is 0.481 e. The number of fused-ring (bicyclic) bond motifs is 1. The van der Waals surface area contributed by atoms with Gasteiger partial charge in [-0.15, -0.1) is 0 Å². The number of nitrogen functional groups attached to an aromatic ring is 1. The maximum absolute atomic E-state index is 12.5. The van der Waals surface area contributed by atoms with Crippen LogP contribution in [0.1, 0.15) is 26.5 Å². The molecule has 1 fully saturated rings. The molecule has 26 heteroatoms. The minimum Gasteiger partial charge on any atom is -0.386 e. The van der Waals surface area contributed by atoms with E-state index in [1.165, 1.54) is 20.9 Å². The molecule has 0 aromatic carbocycles. The van der Waals surface area contributed by atoms with Gasteiger partial charge in [0.05, 0.1) is 19.5 Å². The fraction of sp³-hybridized carbons (Fsp3) is 0.650. The van der Waals surface area contributed by atoms with Crippen LogP contribution in [0.2, 0.25) is 0 Å². The van der Waals surface area contributed by atoms with Gasteiger partial charge in [0.1, 0.15) is 36.3 Å². The zero-order valence-corrected chi connectivity index (χ0v) is 27.0. The van der Waals surface area contributed by atoms with Gasteiger partial charge in [-0.25, -0.2) is 28.6 Å². The highest BCUT2D eigenvalue weighted by Gasteiger charge is 2.50. The van der Waals surface area contributed by atoms with Gasteiger partial charge in [-0.05, 0) is 0 Å². The number of nitrogens with zero attached hydrogens (tertiary/aromatic N) is 4. The summed E-state index contributed by atoms with van der Waals surface area (Å²) in [6.45, 7) is 0.430. The number of nitrogens with one attached hydrogen (secondary N) is 2. The first kappa shape index (κ1) is 38.0. The van der Waals surface area contributed by atoms with Crippen LogP contribution in [-0.2, 0) is 45.9 Å². The number of carbonyl (C=O) groups is 2. The van der Waals surface area contributed by atoms with Crippen LogP contribution in [0.3, 0.4) is 0 Å². The van der Waals surface area contributed by atoms with E-state index in [9.17, 15) is 53.1 Å². The van der Waals surface area contributed by atoms with Crippen LogP contribution in [0, 0.1) is 5.41 Å². The molecule has 3 heterocycles. The molecule has 23 nitrogen and oxygen atoms in total. The molecule has 0 aliphatic carbocycles. The Labute approximate surface area is 259 Å². The fourth-order valence-corrected chi connectivity index (χ4v) is 6.81. The monoisotopic (exact) mass is 721 g/mol. The molecular formula is C20H34N7O16P3. The number of phosphoric ester groups is 3. The standard InChI is InChI=1S/C20H34N7O16P3/c1-20(2,15(30)18(31)23-5-4-11(28)22-3)7-40-46(37,38)43-45(35,36)39-6-10-14(42-44(32,33)34)13(29)19(41-10)27-9-26-12-16(21)24-8-25-17(12)27/h8-10,13-15,19,29-30H,4-7H2,1-3H3,(H,22,28)(H,23,31)(H,35,36)(H,37,38)(H2,21,24,25)(H2,32,33,34). The van der Waals surface area contributed by atoms with Crippen molar-refractivity contribution in [2.45, 2.75) is 50.9 Å². The lowest BCUT2D eigenvalue weighted by Crippen LogP contribution is -2.46. The summed E-state index contributed by atoms with van der Waals surface area (Å²) in [6, 6.07) is 0. The summed E-state index contributed by atoms with van der Waals surface area (Å²) in [6.07, 6.45) is -6.70. The number of ether oxygens (including phenoxy) is 1. The highest BCUT2D eigenvalue weighted by Crippen LogP contribution is 2.61. The number of amides is 2. The smallest absolute Gasteiger partial charge is 0.386 e. The van der Waals surface area contributed by atoms with Gasteiger partial charge in [-0.2, -0.15) is 4.31 Å². The van der Waals surface area contributed by atoms with Crippen LogP contribution < -0.4 is 16.4 Å². The van der Waals surface area contributed by atoms with Crippen LogP contribution >= 0.6 is 23.5 Å². The van der Waals surface area contributed by atoms with Gasteiger partial charge in [0.2, 0.25) is 11.8 Å². The van der Waals surface area contributed by atoms with E-state index in [-0.39, 0.29) is 35.9 Å². The largest absolute Gasteiger partial charge is 0.481 e. The fourth-order valence-electron chi connectivity index (χ4n) is 3.98. The van der Waals surface area contributed by atoms with Gasteiger partial charge in [-0.3, -0.25) is 27.7 Å². The first-order valence-corrected chi connectivity index (χ1v) is 17.5. The zero-order chi connectivity index (χ0) is 34.7. The number of hydrogen-bond acceptors (Lipinski definition) is 16. The van der Waals surface area contributed by atoms with E-state index in [2.05, 4.69) is 34.4 Å². The van der Waals surface area contributed by atoms with Crippen molar-refractivity contribution in [3.63, 3.8) is 0 Å².